The molecular weight excluding hydrogens is 498 g/mol. The molecule has 0 radical (unpaired) electrons. The molecular formula is C33H37N5O2. The predicted octanol–water partition coefficient (Wildman–Crippen LogP) is 5.27. The first-order valence-electron chi connectivity index (χ1n) is 14.1. The second-order valence-electron chi connectivity index (χ2n) is 10.7. The van der Waals surface area contributed by atoms with Crippen LogP contribution in [0.15, 0.2) is 102 Å². The van der Waals surface area contributed by atoms with E-state index >= 15 is 0 Å². The number of carbonyl (C=O) groups is 1. The summed E-state index contributed by atoms with van der Waals surface area (Å²) in [6, 6.07) is 28.3. The van der Waals surface area contributed by atoms with Crippen LogP contribution in [0.25, 0.3) is 11.8 Å². The second-order valence-corrected chi connectivity index (χ2v) is 10.7. The Labute approximate surface area is 235 Å². The predicted molar refractivity (Wildman–Crippen MR) is 161 cm³/mol. The second kappa shape index (κ2) is 12.6. The molecule has 0 bridgehead atoms. The minimum Gasteiger partial charge on any atom is -0.372 e. The van der Waals surface area contributed by atoms with Crippen LogP contribution in [0.1, 0.15) is 43.7 Å². The molecule has 4 aromatic rings. The van der Waals surface area contributed by atoms with Crippen LogP contribution in [0.2, 0.25) is 0 Å². The Balaban J connectivity index is 1.22. The van der Waals surface area contributed by atoms with Crippen molar-refractivity contribution in [3.63, 3.8) is 0 Å². The van der Waals surface area contributed by atoms with Crippen LogP contribution in [0.5, 0.6) is 0 Å². The number of piperidine rings is 1. The van der Waals surface area contributed by atoms with Crippen LogP contribution in [0.3, 0.4) is 0 Å². The normalized spacial score (nSPS) is 15.0. The Bertz CT molecular complexity index is 1460. The summed E-state index contributed by atoms with van der Waals surface area (Å²) in [5, 5.41) is 7.43. The van der Waals surface area contributed by atoms with Crippen molar-refractivity contribution in [2.24, 2.45) is 5.92 Å². The highest BCUT2D eigenvalue weighted by molar-refractivity contribution is 5.84. The molecule has 1 aromatic heterocycles. The molecule has 206 valence electrons. The number of hydrogen-bond donors (Lipinski definition) is 1. The van der Waals surface area contributed by atoms with Gasteiger partial charge in [-0.2, -0.15) is 5.10 Å². The molecule has 40 heavy (non-hydrogen) atoms. The summed E-state index contributed by atoms with van der Waals surface area (Å²) in [5.74, 6) is 0.265. The van der Waals surface area contributed by atoms with E-state index in [0.29, 0.717) is 6.54 Å². The van der Waals surface area contributed by atoms with Crippen molar-refractivity contribution in [3.8, 4) is 5.69 Å². The molecule has 1 unspecified atom stereocenters. The molecule has 1 aliphatic heterocycles. The average Bonchev–Trinajstić information content (AvgIpc) is 3.34. The van der Waals surface area contributed by atoms with Crippen molar-refractivity contribution in [1.82, 2.24) is 19.7 Å². The summed E-state index contributed by atoms with van der Waals surface area (Å²) in [6.45, 7) is 6.19. The SMILES string of the molecule is CC(C)NC(=O)C(c1ccccc1)C1CCN(c2ccc(-n3cnn(C/C=C/c4ccccc4)c3=O)cc2)CC1. The fourth-order valence-corrected chi connectivity index (χ4v) is 5.48. The first-order chi connectivity index (χ1) is 19.5. The standard InChI is InChI=1S/C33H37N5O2/c1-25(2)35-32(39)31(27-13-7-4-8-14-27)28-19-22-36(23-20-28)29-15-17-30(18-16-29)37-24-34-38(33(37)40)21-9-12-26-10-5-3-6-11-26/h3-18,24-25,28,31H,19-23H2,1-2H3,(H,35,39)/b12-9+. The van der Waals surface area contributed by atoms with E-state index in [1.807, 2.05) is 86.7 Å². The van der Waals surface area contributed by atoms with Crippen molar-refractivity contribution in [1.29, 1.82) is 0 Å². The molecule has 7 nitrogen and oxygen atoms in total. The van der Waals surface area contributed by atoms with E-state index in [-0.39, 0.29) is 29.5 Å². The lowest BCUT2D eigenvalue weighted by Gasteiger charge is -2.37. The minimum atomic E-state index is -0.169. The molecule has 2 heterocycles. The number of amides is 1. The van der Waals surface area contributed by atoms with Crippen LogP contribution < -0.4 is 15.9 Å². The number of hydrogen-bond acceptors (Lipinski definition) is 4. The highest BCUT2D eigenvalue weighted by Gasteiger charge is 2.33. The zero-order chi connectivity index (χ0) is 27.9. The summed E-state index contributed by atoms with van der Waals surface area (Å²) in [6.07, 6.45) is 7.38. The Kier molecular flexibility index (Phi) is 8.59. The third-order valence-corrected chi connectivity index (χ3v) is 7.50. The largest absolute Gasteiger partial charge is 0.372 e. The van der Waals surface area contributed by atoms with Gasteiger partial charge in [-0.15, -0.1) is 0 Å². The Morgan fingerprint density at radius 3 is 2.20 bits per heavy atom. The lowest BCUT2D eigenvalue weighted by molar-refractivity contribution is -0.124. The monoisotopic (exact) mass is 535 g/mol. The van der Waals surface area contributed by atoms with Crippen LogP contribution in [-0.4, -0.2) is 39.4 Å². The van der Waals surface area contributed by atoms with Gasteiger partial charge in [0.2, 0.25) is 5.91 Å². The van der Waals surface area contributed by atoms with E-state index < -0.39 is 0 Å². The Morgan fingerprint density at radius 2 is 1.55 bits per heavy atom. The van der Waals surface area contributed by atoms with Gasteiger partial charge in [0.1, 0.15) is 6.33 Å². The molecule has 1 atom stereocenters. The molecule has 1 saturated heterocycles. The van der Waals surface area contributed by atoms with E-state index in [1.165, 1.54) is 4.68 Å². The molecule has 0 saturated carbocycles. The van der Waals surface area contributed by atoms with Gasteiger partial charge >= 0.3 is 5.69 Å². The highest BCUT2D eigenvalue weighted by Crippen LogP contribution is 2.34. The lowest BCUT2D eigenvalue weighted by atomic mass is 9.79. The average molecular weight is 536 g/mol. The summed E-state index contributed by atoms with van der Waals surface area (Å²) in [4.78, 5) is 28.5. The number of benzene rings is 3. The summed E-state index contributed by atoms with van der Waals surface area (Å²) >= 11 is 0. The molecule has 5 rings (SSSR count). The maximum atomic E-state index is 13.2. The van der Waals surface area contributed by atoms with Gasteiger partial charge in [0, 0.05) is 24.8 Å². The first-order valence-corrected chi connectivity index (χ1v) is 14.1. The third-order valence-electron chi connectivity index (χ3n) is 7.50. The van der Waals surface area contributed by atoms with E-state index in [2.05, 4.69) is 39.6 Å². The number of aromatic nitrogens is 3. The Morgan fingerprint density at radius 1 is 0.925 bits per heavy atom. The molecule has 1 fully saturated rings. The van der Waals surface area contributed by atoms with E-state index in [9.17, 15) is 9.59 Å². The van der Waals surface area contributed by atoms with E-state index in [1.54, 1.807) is 10.9 Å². The summed E-state index contributed by atoms with van der Waals surface area (Å²) < 4.78 is 3.03. The number of allylic oxidation sites excluding steroid dienone is 1. The maximum Gasteiger partial charge on any atom is 0.350 e. The lowest BCUT2D eigenvalue weighted by Crippen LogP contribution is -2.42. The van der Waals surface area contributed by atoms with Gasteiger partial charge in [0.05, 0.1) is 18.2 Å². The van der Waals surface area contributed by atoms with Crippen molar-refractivity contribution in [2.75, 3.05) is 18.0 Å². The molecule has 3 aromatic carbocycles. The quantitative estimate of drug-likeness (QED) is 0.317. The smallest absolute Gasteiger partial charge is 0.350 e. The van der Waals surface area contributed by atoms with E-state index in [4.69, 9.17) is 0 Å². The van der Waals surface area contributed by atoms with Crippen LogP contribution >= 0.6 is 0 Å². The van der Waals surface area contributed by atoms with Gasteiger partial charge < -0.3 is 10.2 Å². The Hall–Kier alpha value is -4.39. The first kappa shape index (κ1) is 27.2. The van der Waals surface area contributed by atoms with E-state index in [0.717, 1.165) is 48.4 Å². The molecule has 1 N–H and O–H groups in total. The zero-order valence-electron chi connectivity index (χ0n) is 23.2. The molecule has 0 spiro atoms. The topological polar surface area (TPSA) is 72.2 Å². The number of carbonyl (C=O) groups excluding carboxylic acids is 1. The zero-order valence-corrected chi connectivity index (χ0v) is 23.2. The van der Waals surface area contributed by atoms with Crippen molar-refractivity contribution < 1.29 is 4.79 Å². The van der Waals surface area contributed by atoms with Crippen molar-refractivity contribution >= 4 is 17.7 Å². The van der Waals surface area contributed by atoms with Crippen LogP contribution in [-0.2, 0) is 11.3 Å². The highest BCUT2D eigenvalue weighted by atomic mass is 16.2. The number of nitrogens with zero attached hydrogens (tertiary/aromatic N) is 4. The number of nitrogens with one attached hydrogen (secondary N) is 1. The molecule has 7 heteroatoms. The van der Waals surface area contributed by atoms with Crippen molar-refractivity contribution in [2.45, 2.75) is 45.2 Å². The van der Waals surface area contributed by atoms with Gasteiger partial charge in [-0.3, -0.25) is 4.79 Å². The minimum absolute atomic E-state index is 0.114. The molecule has 1 amide bonds. The molecule has 1 aliphatic rings. The molecule has 0 aliphatic carbocycles. The summed E-state index contributed by atoms with van der Waals surface area (Å²) in [5.41, 5.74) is 3.92. The fraction of sp³-hybridized carbons (Fsp3) is 0.303. The number of anilines is 1. The van der Waals surface area contributed by atoms with Crippen LogP contribution in [0.4, 0.5) is 5.69 Å². The summed E-state index contributed by atoms with van der Waals surface area (Å²) in [7, 11) is 0. The fourth-order valence-electron chi connectivity index (χ4n) is 5.48. The van der Waals surface area contributed by atoms with Crippen LogP contribution in [0, 0.1) is 5.92 Å². The van der Waals surface area contributed by atoms with Gasteiger partial charge in [-0.05, 0) is 68.0 Å². The van der Waals surface area contributed by atoms with Gasteiger partial charge in [-0.25, -0.2) is 14.0 Å². The van der Waals surface area contributed by atoms with Gasteiger partial charge in [-0.1, -0.05) is 72.8 Å². The maximum absolute atomic E-state index is 13.2. The third kappa shape index (κ3) is 6.42. The van der Waals surface area contributed by atoms with Crippen molar-refractivity contribution in [3.05, 3.63) is 119 Å². The number of rotatable bonds is 9. The van der Waals surface area contributed by atoms with Gasteiger partial charge in [0.25, 0.3) is 0 Å². The van der Waals surface area contributed by atoms with Gasteiger partial charge in [0.15, 0.2) is 0 Å².